The van der Waals surface area contributed by atoms with Gasteiger partial charge < -0.3 is 10.5 Å². The normalized spacial score (nSPS) is 11.7. The Morgan fingerprint density at radius 3 is 2.50 bits per heavy atom. The van der Waals surface area contributed by atoms with Crippen LogP contribution in [0.15, 0.2) is 24.3 Å². The molecular weight excluding hydrogens is 174 g/mol. The topological polar surface area (TPSA) is 35.2 Å². The standard InChI is InChI=1S/C12H19NO/c1-12(2,9-14-3)11-7-5-4-6-10(11)8-13/h4-7H,8-9,13H2,1-3H3. The van der Waals surface area contributed by atoms with Gasteiger partial charge in [-0.2, -0.15) is 0 Å². The molecule has 78 valence electrons. The molecule has 0 aliphatic heterocycles. The predicted octanol–water partition coefficient (Wildman–Crippen LogP) is 2.07. The maximum atomic E-state index is 5.70. The van der Waals surface area contributed by atoms with E-state index in [1.54, 1.807) is 7.11 Å². The molecule has 1 aromatic rings. The van der Waals surface area contributed by atoms with E-state index < -0.39 is 0 Å². The van der Waals surface area contributed by atoms with E-state index >= 15 is 0 Å². The highest BCUT2D eigenvalue weighted by molar-refractivity contribution is 5.33. The lowest BCUT2D eigenvalue weighted by Gasteiger charge is -2.26. The molecule has 2 nitrogen and oxygen atoms in total. The van der Waals surface area contributed by atoms with Crippen LogP contribution in [-0.4, -0.2) is 13.7 Å². The second kappa shape index (κ2) is 4.58. The number of hydrogen-bond acceptors (Lipinski definition) is 2. The van der Waals surface area contributed by atoms with E-state index in [-0.39, 0.29) is 5.41 Å². The van der Waals surface area contributed by atoms with Crippen LogP contribution >= 0.6 is 0 Å². The highest BCUT2D eigenvalue weighted by atomic mass is 16.5. The number of rotatable bonds is 4. The summed E-state index contributed by atoms with van der Waals surface area (Å²) in [5, 5.41) is 0. The van der Waals surface area contributed by atoms with E-state index in [0.717, 1.165) is 0 Å². The molecule has 0 atom stereocenters. The van der Waals surface area contributed by atoms with Crippen molar-refractivity contribution >= 4 is 0 Å². The zero-order valence-corrected chi connectivity index (χ0v) is 9.21. The molecule has 0 heterocycles. The SMILES string of the molecule is COCC(C)(C)c1ccccc1CN. The summed E-state index contributed by atoms with van der Waals surface area (Å²) in [6, 6.07) is 8.27. The fourth-order valence-corrected chi connectivity index (χ4v) is 1.80. The van der Waals surface area contributed by atoms with Gasteiger partial charge in [0.1, 0.15) is 0 Å². The molecule has 0 saturated carbocycles. The van der Waals surface area contributed by atoms with Gasteiger partial charge in [0, 0.05) is 19.1 Å². The minimum absolute atomic E-state index is 0.0325. The maximum Gasteiger partial charge on any atom is 0.0553 e. The highest BCUT2D eigenvalue weighted by Gasteiger charge is 2.22. The minimum atomic E-state index is 0.0325. The Bertz CT molecular complexity index is 294. The zero-order valence-electron chi connectivity index (χ0n) is 9.21. The Morgan fingerprint density at radius 1 is 1.29 bits per heavy atom. The molecule has 0 unspecified atom stereocenters. The van der Waals surface area contributed by atoms with E-state index in [4.69, 9.17) is 10.5 Å². The largest absolute Gasteiger partial charge is 0.384 e. The summed E-state index contributed by atoms with van der Waals surface area (Å²) in [6.45, 7) is 5.64. The summed E-state index contributed by atoms with van der Waals surface area (Å²) >= 11 is 0. The second-order valence-electron chi connectivity index (χ2n) is 4.18. The molecular formula is C12H19NO. The Labute approximate surface area is 86.1 Å². The first-order chi connectivity index (χ1) is 6.61. The Hall–Kier alpha value is -0.860. The van der Waals surface area contributed by atoms with Crippen molar-refractivity contribution in [1.29, 1.82) is 0 Å². The molecule has 0 amide bonds. The summed E-state index contributed by atoms with van der Waals surface area (Å²) in [4.78, 5) is 0. The van der Waals surface area contributed by atoms with Crippen LogP contribution < -0.4 is 5.73 Å². The third-order valence-electron chi connectivity index (χ3n) is 2.47. The van der Waals surface area contributed by atoms with Crippen molar-refractivity contribution in [2.75, 3.05) is 13.7 Å². The molecule has 0 radical (unpaired) electrons. The first-order valence-electron chi connectivity index (χ1n) is 4.89. The van der Waals surface area contributed by atoms with Crippen molar-refractivity contribution in [2.45, 2.75) is 25.8 Å². The van der Waals surface area contributed by atoms with Crippen LogP contribution in [0.1, 0.15) is 25.0 Å². The summed E-state index contributed by atoms with van der Waals surface area (Å²) in [6.07, 6.45) is 0. The van der Waals surface area contributed by atoms with Crippen LogP contribution in [0.25, 0.3) is 0 Å². The molecule has 1 rings (SSSR count). The lowest BCUT2D eigenvalue weighted by atomic mass is 9.82. The van der Waals surface area contributed by atoms with Gasteiger partial charge in [-0.05, 0) is 11.1 Å². The van der Waals surface area contributed by atoms with Crippen molar-refractivity contribution in [3.8, 4) is 0 Å². The molecule has 2 N–H and O–H groups in total. The third kappa shape index (κ3) is 2.34. The molecule has 0 aromatic heterocycles. The van der Waals surface area contributed by atoms with Crippen LogP contribution in [0.4, 0.5) is 0 Å². The smallest absolute Gasteiger partial charge is 0.0553 e. The Kier molecular flexibility index (Phi) is 3.67. The number of nitrogens with two attached hydrogens (primary N) is 1. The van der Waals surface area contributed by atoms with Crippen molar-refractivity contribution in [1.82, 2.24) is 0 Å². The maximum absolute atomic E-state index is 5.70. The van der Waals surface area contributed by atoms with Crippen molar-refractivity contribution in [3.05, 3.63) is 35.4 Å². The molecule has 0 bridgehead atoms. The first-order valence-corrected chi connectivity index (χ1v) is 4.89. The van der Waals surface area contributed by atoms with Crippen molar-refractivity contribution in [2.24, 2.45) is 5.73 Å². The molecule has 1 aromatic carbocycles. The van der Waals surface area contributed by atoms with Gasteiger partial charge in [-0.25, -0.2) is 0 Å². The fraction of sp³-hybridized carbons (Fsp3) is 0.500. The predicted molar refractivity (Wildman–Crippen MR) is 59.2 cm³/mol. The van der Waals surface area contributed by atoms with E-state index in [2.05, 4.69) is 26.0 Å². The van der Waals surface area contributed by atoms with Crippen LogP contribution in [0.5, 0.6) is 0 Å². The summed E-state index contributed by atoms with van der Waals surface area (Å²) in [7, 11) is 1.73. The average molecular weight is 193 g/mol. The van der Waals surface area contributed by atoms with Gasteiger partial charge in [-0.15, -0.1) is 0 Å². The number of hydrogen-bond donors (Lipinski definition) is 1. The van der Waals surface area contributed by atoms with Gasteiger partial charge >= 0.3 is 0 Å². The molecule has 0 saturated heterocycles. The second-order valence-corrected chi connectivity index (χ2v) is 4.18. The molecule has 0 aliphatic rings. The Balaban J connectivity index is 3.04. The molecule has 0 aliphatic carbocycles. The van der Waals surface area contributed by atoms with E-state index in [9.17, 15) is 0 Å². The third-order valence-corrected chi connectivity index (χ3v) is 2.47. The average Bonchev–Trinajstić information content (AvgIpc) is 2.18. The van der Waals surface area contributed by atoms with Crippen molar-refractivity contribution in [3.63, 3.8) is 0 Å². The van der Waals surface area contributed by atoms with Crippen molar-refractivity contribution < 1.29 is 4.74 Å². The van der Waals surface area contributed by atoms with E-state index in [0.29, 0.717) is 13.2 Å². The lowest BCUT2D eigenvalue weighted by molar-refractivity contribution is 0.146. The molecule has 14 heavy (non-hydrogen) atoms. The number of ether oxygens (including phenoxy) is 1. The van der Waals surface area contributed by atoms with Crippen LogP contribution in [0.2, 0.25) is 0 Å². The summed E-state index contributed by atoms with van der Waals surface area (Å²) in [5.41, 5.74) is 8.22. The van der Waals surface area contributed by atoms with E-state index in [1.165, 1.54) is 11.1 Å². The van der Waals surface area contributed by atoms with Crippen LogP contribution in [0, 0.1) is 0 Å². The van der Waals surface area contributed by atoms with Gasteiger partial charge in [0.15, 0.2) is 0 Å². The summed E-state index contributed by atoms with van der Waals surface area (Å²) in [5.74, 6) is 0. The summed E-state index contributed by atoms with van der Waals surface area (Å²) < 4.78 is 5.22. The van der Waals surface area contributed by atoms with Gasteiger partial charge in [0.05, 0.1) is 6.61 Å². The monoisotopic (exact) mass is 193 g/mol. The van der Waals surface area contributed by atoms with Gasteiger partial charge in [-0.1, -0.05) is 38.1 Å². The van der Waals surface area contributed by atoms with Gasteiger partial charge in [-0.3, -0.25) is 0 Å². The van der Waals surface area contributed by atoms with Gasteiger partial charge in [0.2, 0.25) is 0 Å². The molecule has 2 heteroatoms. The number of benzene rings is 1. The molecule has 0 fully saturated rings. The van der Waals surface area contributed by atoms with E-state index in [1.807, 2.05) is 12.1 Å². The number of methoxy groups -OCH3 is 1. The lowest BCUT2D eigenvalue weighted by Crippen LogP contribution is -2.25. The van der Waals surface area contributed by atoms with Crippen LogP contribution in [-0.2, 0) is 16.7 Å². The highest BCUT2D eigenvalue weighted by Crippen LogP contribution is 2.26. The first kappa shape index (κ1) is 11.2. The zero-order chi connectivity index (χ0) is 10.6. The fourth-order valence-electron chi connectivity index (χ4n) is 1.80. The quantitative estimate of drug-likeness (QED) is 0.794. The van der Waals surface area contributed by atoms with Gasteiger partial charge in [0.25, 0.3) is 0 Å². The minimum Gasteiger partial charge on any atom is -0.384 e. The Morgan fingerprint density at radius 2 is 1.93 bits per heavy atom. The molecule has 0 spiro atoms. The van der Waals surface area contributed by atoms with Crippen LogP contribution in [0.3, 0.4) is 0 Å².